The maximum Gasteiger partial charge on any atom is 0.261 e. The number of benzene rings is 1. The number of likely N-dealkylation sites (tertiary alicyclic amines) is 1. The van der Waals surface area contributed by atoms with E-state index in [1.807, 2.05) is 22.0 Å². The van der Waals surface area contributed by atoms with Gasteiger partial charge in [-0.25, -0.2) is 4.98 Å². The Kier molecular flexibility index (Phi) is 4.88. The lowest BCUT2D eigenvalue weighted by Crippen LogP contribution is -2.30. The summed E-state index contributed by atoms with van der Waals surface area (Å²) in [6.45, 7) is 3.87. The van der Waals surface area contributed by atoms with Gasteiger partial charge in [-0.3, -0.25) is 14.1 Å². The summed E-state index contributed by atoms with van der Waals surface area (Å²) in [5.41, 5.74) is 3.52. The standard InChI is InChI=1S/C21H22N4OS2/c26-19(18-12-17-20(28-18)23-21-25(17)10-11-27-21)22-13-15-6-2-3-7-16(15)14-24-8-4-1-5-9-24/h2-3,6-7,10-12H,1,4-5,8-9,13-14H2,(H,22,26). The van der Waals surface area contributed by atoms with Gasteiger partial charge in [0.15, 0.2) is 4.96 Å². The van der Waals surface area contributed by atoms with E-state index in [1.165, 1.54) is 54.8 Å². The van der Waals surface area contributed by atoms with E-state index in [1.54, 1.807) is 11.3 Å². The zero-order valence-corrected chi connectivity index (χ0v) is 17.2. The smallest absolute Gasteiger partial charge is 0.261 e. The summed E-state index contributed by atoms with van der Waals surface area (Å²) in [6, 6.07) is 10.4. The predicted octanol–water partition coefficient (Wildman–Crippen LogP) is 4.53. The monoisotopic (exact) mass is 410 g/mol. The maximum atomic E-state index is 12.7. The molecule has 0 atom stereocenters. The highest BCUT2D eigenvalue weighted by Gasteiger charge is 2.16. The minimum Gasteiger partial charge on any atom is -0.347 e. The van der Waals surface area contributed by atoms with Gasteiger partial charge < -0.3 is 5.32 Å². The number of thiophene rings is 1. The van der Waals surface area contributed by atoms with Crippen LogP contribution in [0.15, 0.2) is 41.9 Å². The first kappa shape index (κ1) is 17.8. The lowest BCUT2D eigenvalue weighted by atomic mass is 10.0. The lowest BCUT2D eigenvalue weighted by molar-refractivity contribution is 0.0955. The molecule has 3 aromatic heterocycles. The minimum absolute atomic E-state index is 0.0280. The van der Waals surface area contributed by atoms with Crippen molar-refractivity contribution in [2.24, 2.45) is 0 Å². The zero-order chi connectivity index (χ0) is 18.9. The van der Waals surface area contributed by atoms with Crippen LogP contribution in [-0.4, -0.2) is 33.3 Å². The number of nitrogens with one attached hydrogen (secondary N) is 1. The van der Waals surface area contributed by atoms with Gasteiger partial charge in [0.1, 0.15) is 4.83 Å². The van der Waals surface area contributed by atoms with Gasteiger partial charge in [-0.1, -0.05) is 30.7 Å². The summed E-state index contributed by atoms with van der Waals surface area (Å²) in [7, 11) is 0. The Morgan fingerprint density at radius 2 is 1.96 bits per heavy atom. The molecule has 0 bridgehead atoms. The number of fused-ring (bicyclic) bond motifs is 3. The fourth-order valence-electron chi connectivity index (χ4n) is 3.86. The van der Waals surface area contributed by atoms with Gasteiger partial charge in [0.05, 0.1) is 10.4 Å². The Bertz CT molecular complexity index is 1120. The third kappa shape index (κ3) is 3.45. The molecule has 0 saturated carbocycles. The Morgan fingerprint density at radius 1 is 1.14 bits per heavy atom. The molecule has 1 aliphatic heterocycles. The molecule has 0 aliphatic carbocycles. The molecule has 1 aromatic carbocycles. The van der Waals surface area contributed by atoms with Crippen LogP contribution in [0.3, 0.4) is 0 Å². The number of thiazole rings is 1. The summed E-state index contributed by atoms with van der Waals surface area (Å²) < 4.78 is 2.04. The number of carbonyl (C=O) groups excluding carboxylic acids is 1. The van der Waals surface area contributed by atoms with E-state index < -0.39 is 0 Å². The average molecular weight is 411 g/mol. The van der Waals surface area contributed by atoms with Crippen LogP contribution in [0.4, 0.5) is 0 Å². The van der Waals surface area contributed by atoms with E-state index in [0.29, 0.717) is 11.4 Å². The van der Waals surface area contributed by atoms with Crippen molar-refractivity contribution in [2.45, 2.75) is 32.4 Å². The summed E-state index contributed by atoms with van der Waals surface area (Å²) in [5, 5.41) is 5.12. The Morgan fingerprint density at radius 3 is 2.82 bits per heavy atom. The molecule has 5 rings (SSSR count). The molecule has 7 heteroatoms. The van der Waals surface area contributed by atoms with Crippen LogP contribution in [0, 0.1) is 0 Å². The van der Waals surface area contributed by atoms with Crippen molar-refractivity contribution in [3.63, 3.8) is 0 Å². The highest BCUT2D eigenvalue weighted by Crippen LogP contribution is 2.28. The third-order valence-corrected chi connectivity index (χ3v) is 7.14. The number of aromatic nitrogens is 2. The molecule has 0 unspecified atom stereocenters. The fraction of sp³-hybridized carbons (Fsp3) is 0.333. The molecule has 5 nitrogen and oxygen atoms in total. The second kappa shape index (κ2) is 7.66. The van der Waals surface area contributed by atoms with Crippen molar-refractivity contribution < 1.29 is 4.79 Å². The minimum atomic E-state index is -0.0280. The van der Waals surface area contributed by atoms with Crippen LogP contribution in [0.5, 0.6) is 0 Å². The largest absolute Gasteiger partial charge is 0.347 e. The molecule has 1 fully saturated rings. The highest BCUT2D eigenvalue weighted by atomic mass is 32.1. The SMILES string of the molecule is O=C(NCc1ccccc1CN1CCCCC1)c1cc2c(nc3sccn32)s1. The van der Waals surface area contributed by atoms with Gasteiger partial charge in [0, 0.05) is 24.7 Å². The van der Waals surface area contributed by atoms with Crippen molar-refractivity contribution in [3.05, 3.63) is 57.9 Å². The molecule has 4 aromatic rings. The van der Waals surface area contributed by atoms with E-state index >= 15 is 0 Å². The van der Waals surface area contributed by atoms with E-state index in [0.717, 1.165) is 21.9 Å². The van der Waals surface area contributed by atoms with Crippen molar-refractivity contribution in [2.75, 3.05) is 13.1 Å². The quantitative estimate of drug-likeness (QED) is 0.526. The molecule has 0 radical (unpaired) electrons. The van der Waals surface area contributed by atoms with E-state index in [2.05, 4.69) is 39.5 Å². The van der Waals surface area contributed by atoms with Crippen molar-refractivity contribution in [1.29, 1.82) is 0 Å². The average Bonchev–Trinajstić information content (AvgIpc) is 3.40. The Balaban J connectivity index is 1.29. The van der Waals surface area contributed by atoms with Gasteiger partial charge in [-0.2, -0.15) is 0 Å². The predicted molar refractivity (Wildman–Crippen MR) is 115 cm³/mol. The van der Waals surface area contributed by atoms with Gasteiger partial charge >= 0.3 is 0 Å². The molecular formula is C21H22N4OS2. The summed E-state index contributed by atoms with van der Waals surface area (Å²) in [4.78, 5) is 22.4. The Hall–Kier alpha value is -2.22. The lowest BCUT2D eigenvalue weighted by Gasteiger charge is -2.27. The van der Waals surface area contributed by atoms with Gasteiger partial charge in [-0.15, -0.1) is 22.7 Å². The number of hydrogen-bond acceptors (Lipinski definition) is 5. The number of piperidine rings is 1. The van der Waals surface area contributed by atoms with E-state index in [4.69, 9.17) is 0 Å². The highest BCUT2D eigenvalue weighted by molar-refractivity contribution is 7.21. The number of nitrogens with zero attached hydrogens (tertiary/aromatic N) is 3. The molecule has 1 aliphatic rings. The number of hydrogen-bond donors (Lipinski definition) is 1. The normalized spacial score (nSPS) is 15.4. The first-order valence-electron chi connectivity index (χ1n) is 9.70. The molecule has 0 spiro atoms. The zero-order valence-electron chi connectivity index (χ0n) is 15.6. The molecule has 1 amide bonds. The molecule has 1 saturated heterocycles. The Labute approximate surface area is 171 Å². The summed E-state index contributed by atoms with van der Waals surface area (Å²) >= 11 is 3.07. The second-order valence-corrected chi connectivity index (χ2v) is 9.16. The van der Waals surface area contributed by atoms with Gasteiger partial charge in [-0.05, 0) is 43.1 Å². The van der Waals surface area contributed by atoms with Crippen molar-refractivity contribution in [3.8, 4) is 0 Å². The van der Waals surface area contributed by atoms with Gasteiger partial charge in [0.25, 0.3) is 5.91 Å². The molecule has 4 heterocycles. The van der Waals surface area contributed by atoms with Crippen molar-refractivity contribution in [1.82, 2.24) is 19.6 Å². The first-order chi connectivity index (χ1) is 13.8. The molecular weight excluding hydrogens is 388 g/mol. The van der Waals surface area contributed by atoms with E-state index in [9.17, 15) is 4.79 Å². The maximum absolute atomic E-state index is 12.7. The summed E-state index contributed by atoms with van der Waals surface area (Å²) in [6.07, 6.45) is 5.92. The van der Waals surface area contributed by atoms with Crippen LogP contribution < -0.4 is 5.32 Å². The number of imidazole rings is 1. The molecule has 1 N–H and O–H groups in total. The van der Waals surface area contributed by atoms with Crippen LogP contribution in [-0.2, 0) is 13.1 Å². The number of carbonyl (C=O) groups is 1. The first-order valence-corrected chi connectivity index (χ1v) is 11.4. The molecule has 28 heavy (non-hydrogen) atoms. The van der Waals surface area contributed by atoms with Crippen molar-refractivity contribution >= 4 is 43.9 Å². The topological polar surface area (TPSA) is 49.6 Å². The number of amides is 1. The third-order valence-electron chi connectivity index (χ3n) is 5.36. The summed E-state index contributed by atoms with van der Waals surface area (Å²) in [5.74, 6) is -0.0280. The second-order valence-electron chi connectivity index (χ2n) is 7.26. The number of rotatable bonds is 5. The van der Waals surface area contributed by atoms with Crippen LogP contribution in [0.1, 0.15) is 40.1 Å². The molecule has 144 valence electrons. The van der Waals surface area contributed by atoms with Gasteiger partial charge in [0.2, 0.25) is 0 Å². The van der Waals surface area contributed by atoms with Crippen LogP contribution in [0.2, 0.25) is 0 Å². The van der Waals surface area contributed by atoms with Crippen LogP contribution >= 0.6 is 22.7 Å². The fourth-order valence-corrected chi connectivity index (χ4v) is 5.58. The van der Waals surface area contributed by atoms with E-state index in [-0.39, 0.29) is 5.91 Å². The van der Waals surface area contributed by atoms with Crippen LogP contribution in [0.25, 0.3) is 15.3 Å².